The second-order valence-electron chi connectivity index (χ2n) is 1.76. The van der Waals surface area contributed by atoms with Crippen LogP contribution in [0.25, 0.3) is 0 Å². The van der Waals surface area contributed by atoms with Crippen LogP contribution in [0.5, 0.6) is 11.6 Å². The van der Waals surface area contributed by atoms with Crippen molar-refractivity contribution in [2.24, 2.45) is 0 Å². The molecule has 0 spiro atoms. The fraction of sp³-hybridized carbons (Fsp3) is 0.167. The predicted octanol–water partition coefficient (Wildman–Crippen LogP) is 0.0342. The highest BCUT2D eigenvalue weighted by atomic mass is 16.5. The van der Waals surface area contributed by atoms with Crippen LogP contribution in [0.4, 0.5) is 0 Å². The van der Waals surface area contributed by atoms with E-state index in [-0.39, 0.29) is 11.6 Å². The first-order valence-electron chi connectivity index (χ1n) is 2.70. The molecule has 4 nitrogen and oxygen atoms in total. The minimum Gasteiger partial charge on any atom is -0.616 e. The number of hydrogen-bond donors (Lipinski definition) is 1. The van der Waals surface area contributed by atoms with Crippen molar-refractivity contribution in [3.63, 3.8) is 0 Å². The van der Waals surface area contributed by atoms with Gasteiger partial charge in [0.05, 0.1) is 13.2 Å². The number of ether oxygens (including phenoxy) is 1. The molecule has 1 aromatic heterocycles. The lowest BCUT2D eigenvalue weighted by atomic mass is 10.4. The van der Waals surface area contributed by atoms with Gasteiger partial charge in [-0.15, -0.1) is 4.73 Å². The Morgan fingerprint density at radius 3 is 2.80 bits per heavy atom. The summed E-state index contributed by atoms with van der Waals surface area (Å²) in [5.41, 5.74) is 0. The summed E-state index contributed by atoms with van der Waals surface area (Å²) < 4.78 is 5.09. The zero-order valence-electron chi connectivity index (χ0n) is 5.44. The summed E-state index contributed by atoms with van der Waals surface area (Å²) in [6.07, 6.45) is 1.03. The average molecular weight is 141 g/mol. The zero-order chi connectivity index (χ0) is 7.56. The molecular formula is C6H7NO3. The predicted molar refractivity (Wildman–Crippen MR) is 33.6 cm³/mol. The van der Waals surface area contributed by atoms with Crippen LogP contribution in [0.1, 0.15) is 0 Å². The highest BCUT2D eigenvalue weighted by Crippen LogP contribution is 2.08. The lowest BCUT2D eigenvalue weighted by Gasteiger charge is -2.00. The molecule has 0 aliphatic rings. The number of aromatic nitrogens is 1. The van der Waals surface area contributed by atoms with Crippen molar-refractivity contribution in [2.45, 2.75) is 0 Å². The SMILES string of the molecule is COc1ccc(O)c[n+]1[O-]. The Balaban J connectivity index is 3.07. The van der Waals surface area contributed by atoms with E-state index in [1.807, 2.05) is 0 Å². The highest BCUT2D eigenvalue weighted by Gasteiger charge is 2.03. The van der Waals surface area contributed by atoms with Crippen molar-refractivity contribution in [1.29, 1.82) is 0 Å². The third-order valence-electron chi connectivity index (χ3n) is 1.07. The first-order valence-corrected chi connectivity index (χ1v) is 2.70. The topological polar surface area (TPSA) is 56.4 Å². The standard InChI is InChI=1S/C6H7NO3/c1-10-6-3-2-5(8)4-7(6)9/h2-4,8H,1H3. The van der Waals surface area contributed by atoms with Gasteiger partial charge in [-0.2, -0.15) is 0 Å². The van der Waals surface area contributed by atoms with Crippen molar-refractivity contribution < 1.29 is 14.6 Å². The van der Waals surface area contributed by atoms with E-state index in [4.69, 9.17) is 5.11 Å². The molecule has 0 atom stereocenters. The minimum atomic E-state index is -0.0733. The van der Waals surface area contributed by atoms with E-state index in [9.17, 15) is 5.21 Å². The van der Waals surface area contributed by atoms with Gasteiger partial charge >= 0.3 is 5.88 Å². The fourth-order valence-electron chi connectivity index (χ4n) is 0.615. The summed E-state index contributed by atoms with van der Waals surface area (Å²) in [5, 5.41) is 19.5. The number of hydrogen-bond acceptors (Lipinski definition) is 3. The van der Waals surface area contributed by atoms with Crippen LogP contribution >= 0.6 is 0 Å². The molecule has 4 heteroatoms. The Bertz CT molecular complexity index is 236. The number of nitrogens with zero attached hydrogens (tertiary/aromatic N) is 1. The number of methoxy groups -OCH3 is 1. The molecule has 10 heavy (non-hydrogen) atoms. The Labute approximate surface area is 57.9 Å². The lowest BCUT2D eigenvalue weighted by Crippen LogP contribution is -2.27. The smallest absolute Gasteiger partial charge is 0.379 e. The summed E-state index contributed by atoms with van der Waals surface area (Å²) in [6, 6.07) is 2.77. The molecule has 1 N–H and O–H groups in total. The Kier molecular flexibility index (Phi) is 1.62. The molecule has 0 fully saturated rings. The molecule has 0 saturated heterocycles. The van der Waals surface area contributed by atoms with Gasteiger partial charge in [-0.1, -0.05) is 0 Å². The lowest BCUT2D eigenvalue weighted by molar-refractivity contribution is -0.612. The van der Waals surface area contributed by atoms with Gasteiger partial charge < -0.3 is 15.1 Å². The van der Waals surface area contributed by atoms with Crippen LogP contribution in [0.2, 0.25) is 0 Å². The van der Waals surface area contributed by atoms with Crippen molar-refractivity contribution >= 4 is 0 Å². The van der Waals surface area contributed by atoms with E-state index in [0.29, 0.717) is 4.73 Å². The molecule has 54 valence electrons. The van der Waals surface area contributed by atoms with E-state index < -0.39 is 0 Å². The van der Waals surface area contributed by atoms with Crippen LogP contribution in [0, 0.1) is 5.21 Å². The number of pyridine rings is 1. The van der Waals surface area contributed by atoms with E-state index in [1.165, 1.54) is 19.2 Å². The van der Waals surface area contributed by atoms with Crippen LogP contribution in [0.3, 0.4) is 0 Å². The van der Waals surface area contributed by atoms with E-state index >= 15 is 0 Å². The molecule has 0 aromatic carbocycles. The van der Waals surface area contributed by atoms with Gasteiger partial charge in [-0.25, -0.2) is 0 Å². The highest BCUT2D eigenvalue weighted by molar-refractivity contribution is 5.16. The van der Waals surface area contributed by atoms with Gasteiger partial charge in [-0.3, -0.25) is 0 Å². The van der Waals surface area contributed by atoms with Crippen molar-refractivity contribution in [2.75, 3.05) is 7.11 Å². The molecule has 0 aliphatic carbocycles. The van der Waals surface area contributed by atoms with Crippen molar-refractivity contribution in [3.05, 3.63) is 23.5 Å². The first-order chi connectivity index (χ1) is 4.74. The van der Waals surface area contributed by atoms with Crippen LogP contribution in [-0.4, -0.2) is 12.2 Å². The largest absolute Gasteiger partial charge is 0.616 e. The van der Waals surface area contributed by atoms with E-state index in [2.05, 4.69) is 4.74 Å². The maximum absolute atomic E-state index is 10.7. The average Bonchev–Trinajstić information content (AvgIpc) is 1.88. The maximum atomic E-state index is 10.7. The summed E-state index contributed by atoms with van der Waals surface area (Å²) in [7, 11) is 1.39. The second kappa shape index (κ2) is 2.43. The van der Waals surface area contributed by atoms with E-state index in [0.717, 1.165) is 6.20 Å². The Hall–Kier alpha value is -1.45. The van der Waals surface area contributed by atoms with Crippen LogP contribution in [0.15, 0.2) is 18.3 Å². The molecule has 0 amide bonds. The van der Waals surface area contributed by atoms with Crippen molar-refractivity contribution in [3.8, 4) is 11.6 Å². The second-order valence-corrected chi connectivity index (χ2v) is 1.76. The van der Waals surface area contributed by atoms with Gasteiger partial charge in [0, 0.05) is 0 Å². The molecule has 0 aliphatic heterocycles. The van der Waals surface area contributed by atoms with Crippen LogP contribution in [-0.2, 0) is 0 Å². The van der Waals surface area contributed by atoms with Gasteiger partial charge in [0.1, 0.15) is 0 Å². The normalized spacial score (nSPS) is 9.30. The van der Waals surface area contributed by atoms with Crippen molar-refractivity contribution in [1.82, 2.24) is 0 Å². The molecule has 1 rings (SSSR count). The number of aromatic hydroxyl groups is 1. The van der Waals surface area contributed by atoms with Gasteiger partial charge in [0.15, 0.2) is 5.75 Å². The Morgan fingerprint density at radius 2 is 2.30 bits per heavy atom. The molecule has 0 radical (unpaired) electrons. The maximum Gasteiger partial charge on any atom is 0.379 e. The quantitative estimate of drug-likeness (QED) is 0.443. The fourth-order valence-corrected chi connectivity index (χ4v) is 0.615. The first kappa shape index (κ1) is 6.67. The monoisotopic (exact) mass is 141 g/mol. The molecular weight excluding hydrogens is 134 g/mol. The summed E-state index contributed by atoms with van der Waals surface area (Å²) >= 11 is 0. The Morgan fingerprint density at radius 1 is 1.60 bits per heavy atom. The summed E-state index contributed by atoms with van der Waals surface area (Å²) in [6.45, 7) is 0. The molecule has 0 unspecified atom stereocenters. The third-order valence-corrected chi connectivity index (χ3v) is 1.07. The third kappa shape index (κ3) is 1.10. The molecule has 0 bridgehead atoms. The zero-order valence-corrected chi connectivity index (χ0v) is 5.44. The van der Waals surface area contributed by atoms with E-state index in [1.54, 1.807) is 0 Å². The molecule has 0 saturated carbocycles. The van der Waals surface area contributed by atoms with Gasteiger partial charge in [-0.05, 0) is 6.07 Å². The summed E-state index contributed by atoms with van der Waals surface area (Å²) in [4.78, 5) is 0. The van der Waals surface area contributed by atoms with Crippen LogP contribution < -0.4 is 9.47 Å². The summed E-state index contributed by atoms with van der Waals surface area (Å²) in [5.74, 6) is 0.0913. The van der Waals surface area contributed by atoms with Gasteiger partial charge in [0.2, 0.25) is 6.20 Å². The number of rotatable bonds is 1. The molecule has 1 heterocycles. The van der Waals surface area contributed by atoms with Gasteiger partial charge in [0.25, 0.3) is 0 Å². The molecule has 1 aromatic rings. The minimum absolute atomic E-state index is 0.0733.